The van der Waals surface area contributed by atoms with Gasteiger partial charge in [0.1, 0.15) is 12.4 Å². The van der Waals surface area contributed by atoms with Crippen LogP contribution in [-0.4, -0.2) is 75.9 Å². The lowest BCUT2D eigenvalue weighted by Crippen LogP contribution is -2.63. The normalized spacial score (nSPS) is 17.7. The highest BCUT2D eigenvalue weighted by atomic mass is 35.5. The van der Waals surface area contributed by atoms with Gasteiger partial charge in [-0.05, 0) is 23.8 Å². The molecule has 33 heavy (non-hydrogen) atoms. The molecule has 0 atom stereocenters. The number of amides is 1. The summed E-state index contributed by atoms with van der Waals surface area (Å²) in [7, 11) is 0. The van der Waals surface area contributed by atoms with Crippen LogP contribution in [0.15, 0.2) is 54.3 Å². The van der Waals surface area contributed by atoms with Crippen LogP contribution in [0.5, 0.6) is 5.75 Å². The van der Waals surface area contributed by atoms with Gasteiger partial charge in [-0.2, -0.15) is 0 Å². The van der Waals surface area contributed by atoms with E-state index in [-0.39, 0.29) is 5.91 Å². The van der Waals surface area contributed by atoms with Gasteiger partial charge in [0.25, 0.3) is 5.91 Å². The predicted molar refractivity (Wildman–Crippen MR) is 129 cm³/mol. The topological polar surface area (TPSA) is 61.8 Å². The van der Waals surface area contributed by atoms with Crippen LogP contribution in [0.3, 0.4) is 0 Å². The van der Waals surface area contributed by atoms with E-state index in [2.05, 4.69) is 25.8 Å². The van der Waals surface area contributed by atoms with Gasteiger partial charge in [0, 0.05) is 81.4 Å². The number of rotatable bonds is 7. The van der Waals surface area contributed by atoms with Crippen LogP contribution in [0, 0.1) is 0 Å². The second-order valence-corrected chi connectivity index (χ2v) is 9.73. The number of carbonyl (C=O) groups excluding carboxylic acids is 1. The lowest BCUT2D eigenvalue weighted by molar-refractivity contribution is 0.00257. The van der Waals surface area contributed by atoms with Gasteiger partial charge in [0.05, 0.1) is 5.02 Å². The number of hydrogen-bond acceptors (Lipinski definition) is 7. The van der Waals surface area contributed by atoms with Gasteiger partial charge in [-0.1, -0.05) is 23.7 Å². The number of benzene rings is 1. The van der Waals surface area contributed by atoms with Crippen molar-refractivity contribution in [1.82, 2.24) is 24.7 Å². The number of piperazine rings is 1. The molecule has 9 heteroatoms. The average molecular weight is 484 g/mol. The molecule has 0 N–H and O–H groups in total. The smallest absolute Gasteiger partial charge is 0.282 e. The molecule has 172 valence electrons. The molecule has 0 unspecified atom stereocenters. The van der Waals surface area contributed by atoms with Crippen molar-refractivity contribution in [3.05, 3.63) is 75.5 Å². The van der Waals surface area contributed by atoms with E-state index in [0.29, 0.717) is 28.4 Å². The molecule has 2 aromatic heterocycles. The summed E-state index contributed by atoms with van der Waals surface area (Å²) in [6.07, 6.45) is 5.23. The molecule has 1 aromatic carbocycles. The maximum atomic E-state index is 12.5. The second-order valence-electron chi connectivity index (χ2n) is 8.43. The van der Waals surface area contributed by atoms with E-state index < -0.39 is 0 Å². The lowest BCUT2D eigenvalue weighted by atomic mass is 10.0. The molecule has 2 aliphatic rings. The van der Waals surface area contributed by atoms with E-state index in [1.807, 2.05) is 34.5 Å². The van der Waals surface area contributed by atoms with Crippen molar-refractivity contribution in [3.8, 4) is 5.75 Å². The van der Waals surface area contributed by atoms with E-state index in [1.165, 1.54) is 16.9 Å². The fourth-order valence-corrected chi connectivity index (χ4v) is 5.18. The van der Waals surface area contributed by atoms with Crippen LogP contribution >= 0.6 is 22.9 Å². The Hall–Kier alpha value is -2.52. The summed E-state index contributed by atoms with van der Waals surface area (Å²) in [6.45, 7) is 6.78. The number of hydrogen-bond donors (Lipinski definition) is 0. The molecule has 0 saturated carbocycles. The third kappa shape index (κ3) is 5.35. The summed E-state index contributed by atoms with van der Waals surface area (Å²) in [5, 5.41) is 3.07. The minimum absolute atomic E-state index is 0.0598. The SMILES string of the molecule is O=C(c1nccs1)N1CCN(C2CN(Cc3ccc(OCc4cccnc4)c(Cl)c3)C2)CC1. The maximum absolute atomic E-state index is 12.5. The fraction of sp³-hybridized carbons (Fsp3) is 0.375. The number of ether oxygens (including phenoxy) is 1. The van der Waals surface area contributed by atoms with Crippen molar-refractivity contribution in [2.24, 2.45) is 0 Å². The highest BCUT2D eigenvalue weighted by Crippen LogP contribution is 2.28. The monoisotopic (exact) mass is 483 g/mol. The minimum Gasteiger partial charge on any atom is -0.487 e. The zero-order valence-corrected chi connectivity index (χ0v) is 19.8. The van der Waals surface area contributed by atoms with Gasteiger partial charge in [-0.15, -0.1) is 11.3 Å². The zero-order chi connectivity index (χ0) is 22.6. The van der Waals surface area contributed by atoms with Crippen LogP contribution in [0.4, 0.5) is 0 Å². The molecule has 0 radical (unpaired) electrons. The number of pyridine rings is 1. The maximum Gasteiger partial charge on any atom is 0.282 e. The highest BCUT2D eigenvalue weighted by Gasteiger charge is 2.34. The van der Waals surface area contributed by atoms with Gasteiger partial charge in [-0.25, -0.2) is 4.98 Å². The Labute approximate surface area is 202 Å². The number of carbonyl (C=O) groups is 1. The first-order chi connectivity index (χ1) is 16.2. The number of thiazole rings is 1. The van der Waals surface area contributed by atoms with Gasteiger partial charge in [0.2, 0.25) is 0 Å². The average Bonchev–Trinajstić information content (AvgIpc) is 3.36. The fourth-order valence-electron chi connectivity index (χ4n) is 4.32. The number of nitrogens with zero attached hydrogens (tertiary/aromatic N) is 5. The molecular formula is C24H26ClN5O2S. The van der Waals surface area contributed by atoms with Crippen molar-refractivity contribution in [2.75, 3.05) is 39.3 Å². The Kier molecular flexibility index (Phi) is 6.87. The van der Waals surface area contributed by atoms with Crippen LogP contribution in [0.25, 0.3) is 0 Å². The summed E-state index contributed by atoms with van der Waals surface area (Å²) in [5.41, 5.74) is 2.20. The van der Waals surface area contributed by atoms with E-state index in [0.717, 1.165) is 51.4 Å². The zero-order valence-electron chi connectivity index (χ0n) is 18.3. The highest BCUT2D eigenvalue weighted by molar-refractivity contribution is 7.11. The molecule has 1 amide bonds. The Morgan fingerprint density at radius 3 is 2.67 bits per heavy atom. The molecule has 2 saturated heterocycles. The van der Waals surface area contributed by atoms with E-state index in [9.17, 15) is 4.79 Å². The molecule has 3 aromatic rings. The number of aromatic nitrogens is 2. The van der Waals surface area contributed by atoms with Gasteiger partial charge in [-0.3, -0.25) is 19.6 Å². The first-order valence-corrected chi connectivity index (χ1v) is 12.4. The van der Waals surface area contributed by atoms with Crippen molar-refractivity contribution in [2.45, 2.75) is 19.2 Å². The predicted octanol–water partition coefficient (Wildman–Crippen LogP) is 3.41. The number of likely N-dealkylation sites (tertiary alicyclic amines) is 1. The van der Waals surface area contributed by atoms with E-state index >= 15 is 0 Å². The molecule has 2 aliphatic heterocycles. The summed E-state index contributed by atoms with van der Waals surface area (Å²) >= 11 is 7.87. The quantitative estimate of drug-likeness (QED) is 0.513. The van der Waals surface area contributed by atoms with E-state index in [1.54, 1.807) is 18.6 Å². The van der Waals surface area contributed by atoms with Crippen molar-refractivity contribution in [1.29, 1.82) is 0 Å². The van der Waals surface area contributed by atoms with E-state index in [4.69, 9.17) is 16.3 Å². The van der Waals surface area contributed by atoms with Crippen LogP contribution in [0.1, 0.15) is 20.9 Å². The molecule has 7 nitrogen and oxygen atoms in total. The minimum atomic E-state index is 0.0598. The largest absolute Gasteiger partial charge is 0.487 e. The van der Waals surface area contributed by atoms with Gasteiger partial charge in [0.15, 0.2) is 5.01 Å². The molecule has 0 aliphatic carbocycles. The molecule has 0 spiro atoms. The number of halogens is 1. The van der Waals surface area contributed by atoms with Crippen molar-refractivity contribution in [3.63, 3.8) is 0 Å². The van der Waals surface area contributed by atoms with Gasteiger partial charge >= 0.3 is 0 Å². The summed E-state index contributed by atoms with van der Waals surface area (Å²) in [6, 6.07) is 10.5. The Morgan fingerprint density at radius 1 is 1.12 bits per heavy atom. The Bertz CT molecular complexity index is 1070. The second kappa shape index (κ2) is 10.2. The third-order valence-electron chi connectivity index (χ3n) is 6.19. The molecule has 5 rings (SSSR count). The summed E-state index contributed by atoms with van der Waals surface area (Å²) in [4.78, 5) is 27.6. The van der Waals surface area contributed by atoms with Crippen molar-refractivity contribution >= 4 is 28.8 Å². The molecular weight excluding hydrogens is 458 g/mol. The third-order valence-corrected chi connectivity index (χ3v) is 7.25. The lowest BCUT2D eigenvalue weighted by Gasteiger charge is -2.48. The van der Waals surface area contributed by atoms with Gasteiger partial charge < -0.3 is 9.64 Å². The van der Waals surface area contributed by atoms with Crippen LogP contribution in [-0.2, 0) is 13.2 Å². The first-order valence-electron chi connectivity index (χ1n) is 11.1. The standard InChI is InChI=1S/C24H26ClN5O2S/c25-21-12-18(3-4-22(21)32-17-19-2-1-5-26-13-19)14-28-15-20(16-28)29-7-9-30(10-8-29)24(31)23-27-6-11-33-23/h1-6,11-13,20H,7-10,14-17H2. The molecule has 0 bridgehead atoms. The first kappa shape index (κ1) is 22.3. The Balaban J connectivity index is 1.06. The van der Waals surface area contributed by atoms with Crippen LogP contribution < -0.4 is 4.74 Å². The summed E-state index contributed by atoms with van der Waals surface area (Å²) < 4.78 is 5.85. The van der Waals surface area contributed by atoms with Crippen molar-refractivity contribution < 1.29 is 9.53 Å². The Morgan fingerprint density at radius 2 is 1.97 bits per heavy atom. The molecule has 2 fully saturated rings. The van der Waals surface area contributed by atoms with Crippen LogP contribution in [0.2, 0.25) is 5.02 Å². The molecule has 4 heterocycles. The summed E-state index contributed by atoms with van der Waals surface area (Å²) in [5.74, 6) is 0.751.